The number of aromatic amines is 1. The van der Waals surface area contributed by atoms with Crippen molar-refractivity contribution in [2.75, 3.05) is 10.6 Å². The van der Waals surface area contributed by atoms with E-state index in [1.807, 2.05) is 0 Å². The minimum Gasteiger partial charge on any atom is -0.478 e. The van der Waals surface area contributed by atoms with Crippen LogP contribution in [0.2, 0.25) is 0 Å². The highest BCUT2D eigenvalue weighted by molar-refractivity contribution is 6.35. The molecule has 0 radical (unpaired) electrons. The average Bonchev–Trinajstić information content (AvgIpc) is 3.53. The van der Waals surface area contributed by atoms with Crippen molar-refractivity contribution in [2.45, 2.75) is 26.9 Å². The molecule has 0 saturated carbocycles. The summed E-state index contributed by atoms with van der Waals surface area (Å²) in [7, 11) is 0. The highest BCUT2D eigenvalue weighted by atomic mass is 19.4. The number of hydrogen-bond acceptors (Lipinski definition) is 4. The van der Waals surface area contributed by atoms with Gasteiger partial charge in [-0.3, -0.25) is 9.59 Å². The van der Waals surface area contributed by atoms with Crippen LogP contribution in [0.4, 0.5) is 24.5 Å². The average molecular weight is 550 g/mol. The molecule has 0 spiro atoms. The lowest BCUT2D eigenvalue weighted by Gasteiger charge is -2.13. The van der Waals surface area contributed by atoms with Crippen molar-refractivity contribution in [3.63, 3.8) is 0 Å². The first-order valence-corrected chi connectivity index (χ1v) is 12.0. The van der Waals surface area contributed by atoms with E-state index in [0.717, 1.165) is 12.1 Å². The van der Waals surface area contributed by atoms with Crippen LogP contribution in [0, 0.1) is 20.8 Å². The fourth-order valence-corrected chi connectivity index (χ4v) is 4.62. The van der Waals surface area contributed by atoms with Crippen LogP contribution in [-0.4, -0.2) is 37.4 Å². The van der Waals surface area contributed by atoms with Gasteiger partial charge in [-0.25, -0.2) is 9.78 Å². The standard InChI is InChI=1S/C28H22F3N5O4/c1-13-11-36(12-32-13)19-7-16(6-17(8-19)28(29,30)31)25(37)34-18-4-5-20-21(26(38)35-23(20)9-18)10-22-14(2)24(27(39)40)15(3)33-22/h4-12,33H,1-3H3,(H,34,37)(H,35,38)(H,39,40)/b21-10-. The summed E-state index contributed by atoms with van der Waals surface area (Å²) in [5, 5.41) is 14.7. The number of rotatable bonds is 5. The number of carbonyl (C=O) groups is 3. The first-order valence-electron chi connectivity index (χ1n) is 12.0. The number of hydrogen-bond donors (Lipinski definition) is 4. The monoisotopic (exact) mass is 549 g/mol. The molecule has 0 atom stereocenters. The van der Waals surface area contributed by atoms with Gasteiger partial charge in [0.2, 0.25) is 0 Å². The van der Waals surface area contributed by atoms with Gasteiger partial charge in [0, 0.05) is 40.1 Å². The Morgan fingerprint density at radius 2 is 1.85 bits per heavy atom. The van der Waals surface area contributed by atoms with Crippen molar-refractivity contribution >= 4 is 40.8 Å². The van der Waals surface area contributed by atoms with E-state index in [1.165, 1.54) is 29.1 Å². The highest BCUT2D eigenvalue weighted by Gasteiger charge is 2.32. The predicted molar refractivity (Wildman–Crippen MR) is 141 cm³/mol. The number of alkyl halides is 3. The fourth-order valence-electron chi connectivity index (χ4n) is 4.62. The molecule has 4 N–H and O–H groups in total. The lowest BCUT2D eigenvalue weighted by Crippen LogP contribution is -2.15. The lowest BCUT2D eigenvalue weighted by molar-refractivity contribution is -0.137. The summed E-state index contributed by atoms with van der Waals surface area (Å²) in [6.45, 7) is 4.96. The lowest BCUT2D eigenvalue weighted by atomic mass is 10.0. The van der Waals surface area contributed by atoms with E-state index in [9.17, 15) is 32.7 Å². The number of benzene rings is 2. The van der Waals surface area contributed by atoms with Gasteiger partial charge in [-0.2, -0.15) is 13.2 Å². The first kappa shape index (κ1) is 26.5. The molecule has 0 fully saturated rings. The van der Waals surface area contributed by atoms with Gasteiger partial charge >= 0.3 is 12.1 Å². The van der Waals surface area contributed by atoms with Crippen LogP contribution in [0.3, 0.4) is 0 Å². The summed E-state index contributed by atoms with van der Waals surface area (Å²) in [5.41, 5.74) is 2.49. The molecule has 1 aliphatic rings. The Bertz CT molecular complexity index is 1750. The zero-order valence-electron chi connectivity index (χ0n) is 21.4. The van der Waals surface area contributed by atoms with Crippen LogP contribution in [0.25, 0.3) is 17.3 Å². The van der Waals surface area contributed by atoms with Gasteiger partial charge in [-0.05, 0) is 62.7 Å². The number of aryl methyl sites for hydroxylation is 2. The number of nitrogens with zero attached hydrogens (tertiary/aromatic N) is 2. The smallest absolute Gasteiger partial charge is 0.416 e. The van der Waals surface area contributed by atoms with E-state index in [2.05, 4.69) is 20.6 Å². The maximum absolute atomic E-state index is 13.6. The number of halogens is 3. The summed E-state index contributed by atoms with van der Waals surface area (Å²) in [6.07, 6.45) is -0.220. The molecular formula is C28H22F3N5O4. The van der Waals surface area contributed by atoms with Gasteiger partial charge in [-0.1, -0.05) is 6.07 Å². The van der Waals surface area contributed by atoms with Crippen LogP contribution < -0.4 is 10.6 Å². The zero-order valence-corrected chi connectivity index (χ0v) is 21.4. The van der Waals surface area contributed by atoms with Gasteiger partial charge in [0.05, 0.1) is 34.4 Å². The number of nitrogens with one attached hydrogen (secondary N) is 3. The molecule has 0 bridgehead atoms. The van der Waals surface area contributed by atoms with E-state index in [0.29, 0.717) is 33.9 Å². The van der Waals surface area contributed by atoms with Gasteiger partial charge in [0.15, 0.2) is 0 Å². The Kier molecular flexibility index (Phi) is 6.33. The van der Waals surface area contributed by atoms with Gasteiger partial charge < -0.3 is 25.3 Å². The number of amides is 2. The van der Waals surface area contributed by atoms with E-state index in [4.69, 9.17) is 0 Å². The second kappa shape index (κ2) is 9.56. The third kappa shape index (κ3) is 4.86. The predicted octanol–water partition coefficient (Wildman–Crippen LogP) is 5.59. The molecule has 0 unspecified atom stereocenters. The Labute approximate surface area is 225 Å². The molecule has 12 heteroatoms. The minimum atomic E-state index is -4.68. The molecule has 204 valence electrons. The van der Waals surface area contributed by atoms with E-state index in [-0.39, 0.29) is 28.1 Å². The van der Waals surface area contributed by atoms with Crippen LogP contribution in [0.1, 0.15) is 54.5 Å². The van der Waals surface area contributed by atoms with Crippen molar-refractivity contribution < 1.29 is 32.7 Å². The SMILES string of the molecule is Cc1cn(-c2cc(C(=O)Nc3ccc4c(c3)NC(=O)/C4=C\c3[nH]c(C)c(C(=O)O)c3C)cc(C(F)(F)F)c2)cn1. The maximum atomic E-state index is 13.6. The van der Waals surface area contributed by atoms with Crippen molar-refractivity contribution in [1.29, 1.82) is 0 Å². The number of aromatic carboxylic acids is 1. The fraction of sp³-hybridized carbons (Fsp3) is 0.143. The molecule has 40 heavy (non-hydrogen) atoms. The number of fused-ring (bicyclic) bond motifs is 1. The molecule has 4 aromatic rings. The van der Waals surface area contributed by atoms with Crippen molar-refractivity contribution in [3.05, 3.63) is 93.8 Å². The number of anilines is 2. The second-order valence-electron chi connectivity index (χ2n) is 9.38. The minimum absolute atomic E-state index is 0.123. The molecule has 2 aromatic heterocycles. The van der Waals surface area contributed by atoms with Crippen LogP contribution in [0.5, 0.6) is 0 Å². The molecule has 5 rings (SSSR count). The van der Waals surface area contributed by atoms with Crippen LogP contribution >= 0.6 is 0 Å². The molecule has 2 amide bonds. The number of H-pyrrole nitrogens is 1. The summed E-state index contributed by atoms with van der Waals surface area (Å²) in [4.78, 5) is 44.3. The number of carboxylic acids is 1. The zero-order chi connectivity index (χ0) is 28.9. The Hall–Kier alpha value is -5.13. The molecule has 1 aliphatic heterocycles. The summed E-state index contributed by atoms with van der Waals surface area (Å²) < 4.78 is 42.2. The third-order valence-corrected chi connectivity index (χ3v) is 6.56. The normalized spacial score (nSPS) is 13.8. The molecule has 9 nitrogen and oxygen atoms in total. The van der Waals surface area contributed by atoms with Crippen molar-refractivity contribution in [3.8, 4) is 5.69 Å². The first-order chi connectivity index (χ1) is 18.8. The summed E-state index contributed by atoms with van der Waals surface area (Å²) in [5.74, 6) is -2.29. The Balaban J connectivity index is 1.44. The Morgan fingerprint density at radius 1 is 1.10 bits per heavy atom. The third-order valence-electron chi connectivity index (χ3n) is 6.56. The number of carbonyl (C=O) groups excluding carboxylic acids is 2. The van der Waals surface area contributed by atoms with Crippen molar-refractivity contribution in [1.82, 2.24) is 14.5 Å². The number of aromatic nitrogens is 3. The molecule has 0 saturated heterocycles. The molecular weight excluding hydrogens is 527 g/mol. The van der Waals surface area contributed by atoms with Crippen molar-refractivity contribution in [2.24, 2.45) is 0 Å². The van der Waals surface area contributed by atoms with Gasteiger partial charge in [-0.15, -0.1) is 0 Å². The van der Waals surface area contributed by atoms with Crippen LogP contribution in [0.15, 0.2) is 48.9 Å². The van der Waals surface area contributed by atoms with E-state index in [1.54, 1.807) is 39.1 Å². The summed E-state index contributed by atoms with van der Waals surface area (Å²) in [6, 6.07) is 7.63. The van der Waals surface area contributed by atoms with E-state index >= 15 is 0 Å². The molecule has 3 heterocycles. The number of imidazole rings is 1. The van der Waals surface area contributed by atoms with Gasteiger partial charge in [0.25, 0.3) is 11.8 Å². The van der Waals surface area contributed by atoms with Gasteiger partial charge in [0.1, 0.15) is 0 Å². The van der Waals surface area contributed by atoms with Crippen LogP contribution in [-0.2, 0) is 11.0 Å². The second-order valence-corrected chi connectivity index (χ2v) is 9.38. The summed E-state index contributed by atoms with van der Waals surface area (Å²) >= 11 is 0. The Morgan fingerprint density at radius 3 is 2.48 bits per heavy atom. The topological polar surface area (TPSA) is 129 Å². The molecule has 0 aliphatic carbocycles. The maximum Gasteiger partial charge on any atom is 0.416 e. The molecule has 2 aromatic carbocycles. The largest absolute Gasteiger partial charge is 0.478 e. The quantitative estimate of drug-likeness (QED) is 0.241. The highest BCUT2D eigenvalue weighted by Crippen LogP contribution is 2.36. The number of carboxylic acid groups (broad SMARTS) is 1. The van der Waals surface area contributed by atoms with E-state index < -0.39 is 29.5 Å².